The van der Waals surface area contributed by atoms with Gasteiger partial charge in [-0.25, -0.2) is 4.68 Å². The van der Waals surface area contributed by atoms with Crippen LogP contribution in [0.15, 0.2) is 10.9 Å². The standard InChI is InChI=1S/C16H18F3N3O3/c1-21-12(23)6-8-7-22(5-4-9(8)20-21)15(24)13-10-2-3-11(25-10)14(13)16(17,18)19/h6,10-11,13-14H,2-5,7H2,1H3. The van der Waals surface area contributed by atoms with Gasteiger partial charge in [0, 0.05) is 38.2 Å². The Balaban J connectivity index is 1.59. The van der Waals surface area contributed by atoms with Crippen LogP contribution in [0.3, 0.4) is 0 Å². The SMILES string of the molecule is Cn1nc2c(cc1=O)CN(C(=O)C1C3CCC(O3)C1C(F)(F)F)CC2. The van der Waals surface area contributed by atoms with Gasteiger partial charge in [-0.15, -0.1) is 0 Å². The quantitative estimate of drug-likeness (QED) is 0.753. The second kappa shape index (κ2) is 5.55. The van der Waals surface area contributed by atoms with Crippen molar-refractivity contribution in [2.45, 2.75) is 44.2 Å². The van der Waals surface area contributed by atoms with Gasteiger partial charge in [0.2, 0.25) is 5.91 Å². The van der Waals surface area contributed by atoms with Crippen molar-refractivity contribution in [1.29, 1.82) is 0 Å². The zero-order valence-corrected chi connectivity index (χ0v) is 13.6. The number of hydrogen-bond donors (Lipinski definition) is 0. The fraction of sp³-hybridized carbons (Fsp3) is 0.688. The Morgan fingerprint density at radius 2 is 2.04 bits per heavy atom. The average Bonchev–Trinajstić information content (AvgIpc) is 3.15. The summed E-state index contributed by atoms with van der Waals surface area (Å²) in [7, 11) is 1.54. The molecule has 4 atom stereocenters. The summed E-state index contributed by atoms with van der Waals surface area (Å²) in [5.74, 6) is -3.44. The molecular weight excluding hydrogens is 339 g/mol. The molecule has 0 aromatic carbocycles. The van der Waals surface area contributed by atoms with Crippen molar-refractivity contribution in [3.63, 3.8) is 0 Å². The summed E-state index contributed by atoms with van der Waals surface area (Å²) in [6, 6.07) is 1.40. The van der Waals surface area contributed by atoms with Crippen molar-refractivity contribution < 1.29 is 22.7 Å². The Morgan fingerprint density at radius 1 is 1.32 bits per heavy atom. The van der Waals surface area contributed by atoms with Crippen LogP contribution in [0.1, 0.15) is 24.1 Å². The Bertz CT molecular complexity index is 776. The van der Waals surface area contributed by atoms with Gasteiger partial charge in [-0.3, -0.25) is 9.59 Å². The molecule has 2 fully saturated rings. The molecule has 4 heterocycles. The van der Waals surface area contributed by atoms with E-state index in [-0.39, 0.29) is 12.1 Å². The summed E-state index contributed by atoms with van der Waals surface area (Å²) in [6.07, 6.45) is -4.77. The first kappa shape index (κ1) is 16.6. The average molecular weight is 357 g/mol. The lowest BCUT2D eigenvalue weighted by molar-refractivity contribution is -0.199. The van der Waals surface area contributed by atoms with Gasteiger partial charge >= 0.3 is 6.18 Å². The van der Waals surface area contributed by atoms with Gasteiger partial charge in [0.1, 0.15) is 0 Å². The molecule has 1 aromatic rings. The summed E-state index contributed by atoms with van der Waals surface area (Å²) in [6.45, 7) is 0.422. The van der Waals surface area contributed by atoms with Crippen LogP contribution in [0.25, 0.3) is 0 Å². The highest BCUT2D eigenvalue weighted by Crippen LogP contribution is 2.51. The number of ether oxygens (including phenoxy) is 1. The second-order valence-corrected chi connectivity index (χ2v) is 6.97. The molecule has 0 aliphatic carbocycles. The van der Waals surface area contributed by atoms with E-state index in [1.54, 1.807) is 7.05 Å². The molecule has 2 saturated heterocycles. The molecule has 2 bridgehead atoms. The Hall–Kier alpha value is -1.90. The first-order valence-electron chi connectivity index (χ1n) is 8.33. The third-order valence-corrected chi connectivity index (χ3v) is 5.49. The summed E-state index contributed by atoms with van der Waals surface area (Å²) in [5, 5.41) is 4.16. The van der Waals surface area contributed by atoms with Crippen LogP contribution in [-0.2, 0) is 29.5 Å². The van der Waals surface area contributed by atoms with Crippen molar-refractivity contribution in [2.75, 3.05) is 6.54 Å². The molecule has 4 unspecified atom stereocenters. The number of fused-ring (bicyclic) bond motifs is 3. The van der Waals surface area contributed by atoms with Crippen LogP contribution in [0.4, 0.5) is 13.2 Å². The number of aryl methyl sites for hydroxylation is 1. The number of carbonyl (C=O) groups excluding carboxylic acids is 1. The van der Waals surface area contributed by atoms with E-state index in [4.69, 9.17) is 4.74 Å². The molecule has 9 heteroatoms. The summed E-state index contributed by atoms with van der Waals surface area (Å²) >= 11 is 0. The highest BCUT2D eigenvalue weighted by molar-refractivity contribution is 5.81. The van der Waals surface area contributed by atoms with E-state index in [1.807, 2.05) is 0 Å². The van der Waals surface area contributed by atoms with Crippen molar-refractivity contribution in [3.8, 4) is 0 Å². The number of aromatic nitrogens is 2. The molecule has 3 aliphatic heterocycles. The smallest absolute Gasteiger partial charge is 0.373 e. The molecule has 0 saturated carbocycles. The molecule has 136 valence electrons. The predicted molar refractivity (Wildman–Crippen MR) is 79.5 cm³/mol. The maximum absolute atomic E-state index is 13.4. The zero-order chi connectivity index (χ0) is 17.9. The maximum atomic E-state index is 13.4. The fourth-order valence-corrected chi connectivity index (χ4v) is 4.30. The largest absolute Gasteiger partial charge is 0.395 e. The Labute approximate surface area is 141 Å². The zero-order valence-electron chi connectivity index (χ0n) is 13.6. The van der Waals surface area contributed by atoms with E-state index in [2.05, 4.69) is 5.10 Å². The Morgan fingerprint density at radius 3 is 2.76 bits per heavy atom. The Kier molecular flexibility index (Phi) is 3.68. The van der Waals surface area contributed by atoms with Gasteiger partial charge in [0.25, 0.3) is 5.56 Å². The summed E-state index contributed by atoms with van der Waals surface area (Å²) in [5.41, 5.74) is 1.02. The number of carbonyl (C=O) groups is 1. The maximum Gasteiger partial charge on any atom is 0.395 e. The van der Waals surface area contributed by atoms with Gasteiger partial charge in [0.05, 0.1) is 29.7 Å². The third kappa shape index (κ3) is 2.65. The topological polar surface area (TPSA) is 64.4 Å². The highest BCUT2D eigenvalue weighted by atomic mass is 19.4. The minimum Gasteiger partial charge on any atom is -0.373 e. The monoisotopic (exact) mass is 357 g/mol. The van der Waals surface area contributed by atoms with Gasteiger partial charge in [-0.2, -0.15) is 18.3 Å². The normalized spacial score (nSPS) is 31.3. The molecule has 0 spiro atoms. The number of rotatable bonds is 1. The van der Waals surface area contributed by atoms with Gasteiger partial charge < -0.3 is 9.64 Å². The lowest BCUT2D eigenvalue weighted by atomic mass is 9.77. The molecule has 3 aliphatic rings. The van der Waals surface area contributed by atoms with Crippen LogP contribution < -0.4 is 5.56 Å². The van der Waals surface area contributed by atoms with Gasteiger partial charge in [0.15, 0.2) is 0 Å². The van der Waals surface area contributed by atoms with Crippen LogP contribution in [0.5, 0.6) is 0 Å². The summed E-state index contributed by atoms with van der Waals surface area (Å²) in [4.78, 5) is 26.0. The van der Waals surface area contributed by atoms with E-state index in [0.717, 1.165) is 0 Å². The van der Waals surface area contributed by atoms with Crippen molar-refractivity contribution >= 4 is 5.91 Å². The molecule has 0 radical (unpaired) electrons. The minimum absolute atomic E-state index is 0.121. The van der Waals surface area contributed by atoms with E-state index in [1.165, 1.54) is 15.6 Å². The molecule has 6 nitrogen and oxygen atoms in total. The molecule has 1 amide bonds. The first-order valence-corrected chi connectivity index (χ1v) is 8.33. The van der Waals surface area contributed by atoms with E-state index in [9.17, 15) is 22.8 Å². The second-order valence-electron chi connectivity index (χ2n) is 6.97. The van der Waals surface area contributed by atoms with Crippen molar-refractivity contribution in [2.24, 2.45) is 18.9 Å². The lowest BCUT2D eigenvalue weighted by Crippen LogP contribution is -2.49. The van der Waals surface area contributed by atoms with E-state index < -0.39 is 36.1 Å². The number of amides is 1. The third-order valence-electron chi connectivity index (χ3n) is 5.49. The van der Waals surface area contributed by atoms with Crippen molar-refractivity contribution in [3.05, 3.63) is 27.7 Å². The van der Waals surface area contributed by atoms with Crippen molar-refractivity contribution in [1.82, 2.24) is 14.7 Å². The van der Waals surface area contributed by atoms with Crippen LogP contribution >= 0.6 is 0 Å². The number of nitrogens with zero attached hydrogens (tertiary/aromatic N) is 3. The van der Waals surface area contributed by atoms with E-state index >= 15 is 0 Å². The summed E-state index contributed by atoms with van der Waals surface area (Å²) < 4.78 is 46.9. The van der Waals surface area contributed by atoms with Crippen LogP contribution in [0, 0.1) is 11.8 Å². The van der Waals surface area contributed by atoms with Gasteiger partial charge in [-0.05, 0) is 12.8 Å². The van der Waals surface area contributed by atoms with E-state index in [0.29, 0.717) is 37.1 Å². The molecule has 4 rings (SSSR count). The van der Waals surface area contributed by atoms with Crippen LogP contribution in [0.2, 0.25) is 0 Å². The molecule has 1 aromatic heterocycles. The number of alkyl halides is 3. The highest BCUT2D eigenvalue weighted by Gasteiger charge is 2.63. The van der Waals surface area contributed by atoms with Gasteiger partial charge in [-0.1, -0.05) is 0 Å². The number of halogens is 3. The molecular formula is C16H18F3N3O3. The fourth-order valence-electron chi connectivity index (χ4n) is 4.30. The first-order chi connectivity index (χ1) is 11.8. The number of hydrogen-bond acceptors (Lipinski definition) is 4. The minimum atomic E-state index is -4.45. The predicted octanol–water partition coefficient (Wildman–Crippen LogP) is 1.02. The molecule has 25 heavy (non-hydrogen) atoms. The van der Waals surface area contributed by atoms with Crippen LogP contribution in [-0.4, -0.2) is 45.5 Å². The lowest BCUT2D eigenvalue weighted by Gasteiger charge is -2.35. The molecule has 0 N–H and O–H groups in total.